The van der Waals surface area contributed by atoms with E-state index in [9.17, 15) is 28.8 Å². The smallest absolute Gasteiger partial charge is 0.332 e. The molecule has 0 radical (unpaired) electrons. The summed E-state index contributed by atoms with van der Waals surface area (Å²) in [7, 11) is 7.38. The first-order valence-corrected chi connectivity index (χ1v) is 11.4. The van der Waals surface area contributed by atoms with Gasteiger partial charge in [0.1, 0.15) is 11.5 Å². The first kappa shape index (κ1) is 26.9. The molecule has 0 saturated heterocycles. The molecule has 18 nitrogen and oxygen atoms in total. The molecule has 5 aromatic rings. The molecule has 0 atom stereocenters. The van der Waals surface area contributed by atoms with E-state index in [1.807, 2.05) is 4.98 Å². The van der Waals surface area contributed by atoms with E-state index in [1.165, 1.54) is 30.3 Å². The van der Waals surface area contributed by atoms with Crippen LogP contribution in [-0.2, 0) is 35.2 Å². The van der Waals surface area contributed by atoms with Crippen molar-refractivity contribution in [3.8, 4) is 0 Å². The van der Waals surface area contributed by atoms with E-state index >= 15 is 0 Å². The van der Waals surface area contributed by atoms with Crippen LogP contribution in [-0.4, -0.2) is 45.3 Å². The second kappa shape index (κ2) is 10.1. The number of aromatic nitrogens is 10. The van der Waals surface area contributed by atoms with Crippen LogP contribution in [0.5, 0.6) is 0 Å². The molecule has 0 aromatic carbocycles. The lowest BCUT2D eigenvalue weighted by atomic mass is 10.5. The van der Waals surface area contributed by atoms with E-state index in [1.54, 1.807) is 14.1 Å². The topological polar surface area (TPSA) is 246 Å². The Morgan fingerprint density at radius 1 is 0.622 bits per heavy atom. The second-order valence-electron chi connectivity index (χ2n) is 7.40. The molecule has 5 rings (SSSR count). The Morgan fingerprint density at radius 2 is 1.03 bits per heavy atom. The average Bonchev–Trinajstić information content (AvgIpc) is 3.57. The van der Waals surface area contributed by atoms with Crippen molar-refractivity contribution in [2.45, 2.75) is 0 Å². The molecule has 37 heavy (non-hydrogen) atoms. The lowest BCUT2D eigenvalue weighted by Gasteiger charge is -2.02. The zero-order valence-corrected chi connectivity index (χ0v) is 21.6. The molecular formula is C17H20N12O6S2. The van der Waals surface area contributed by atoms with Crippen LogP contribution in [0, 0.1) is 0 Å². The predicted octanol–water partition coefficient (Wildman–Crippen LogP) is -3.58. The lowest BCUT2D eigenvalue weighted by molar-refractivity contribution is 0.709. The summed E-state index contributed by atoms with van der Waals surface area (Å²) in [5, 5.41) is 0. The molecule has 0 unspecified atom stereocenters. The summed E-state index contributed by atoms with van der Waals surface area (Å²) in [4.78, 5) is 69.1. The van der Waals surface area contributed by atoms with Gasteiger partial charge in [-0.3, -0.25) is 42.2 Å². The van der Waals surface area contributed by atoms with Gasteiger partial charge in [0.2, 0.25) is 0 Å². The Balaban J connectivity index is 0.000000155. The van der Waals surface area contributed by atoms with Crippen molar-refractivity contribution in [1.82, 2.24) is 45.3 Å². The van der Waals surface area contributed by atoms with Crippen LogP contribution >= 0.6 is 23.5 Å². The molecule has 0 fully saturated rings. The fourth-order valence-electron chi connectivity index (χ4n) is 2.85. The SMILES string of the molecule is Cn1c(=O)c2nsnc2n(C)c1=O.Cn1c(=O)c2nsnc2n(C)c1=O.Cn1c(N)c(N)c(=O)[nH]c1=O. The summed E-state index contributed by atoms with van der Waals surface area (Å²) >= 11 is 1.85. The number of nitrogens with two attached hydrogens (primary N) is 2. The molecule has 0 aliphatic rings. The van der Waals surface area contributed by atoms with Gasteiger partial charge in [-0.2, -0.15) is 17.5 Å². The zero-order chi connectivity index (χ0) is 27.8. The van der Waals surface area contributed by atoms with Crippen LogP contribution in [0.25, 0.3) is 22.3 Å². The number of anilines is 2. The fourth-order valence-corrected chi connectivity index (χ4v) is 3.99. The maximum Gasteiger partial charge on any atom is 0.332 e. The second-order valence-corrected chi connectivity index (χ2v) is 8.46. The predicted molar refractivity (Wildman–Crippen MR) is 137 cm³/mol. The number of nitrogens with one attached hydrogen (secondary N) is 1. The van der Waals surface area contributed by atoms with Gasteiger partial charge in [-0.1, -0.05) is 0 Å². The van der Waals surface area contributed by atoms with Gasteiger partial charge in [0.15, 0.2) is 22.3 Å². The highest BCUT2D eigenvalue weighted by Gasteiger charge is 2.12. The number of aryl methyl sites for hydroxylation is 2. The highest BCUT2D eigenvalue weighted by Crippen LogP contribution is 2.02. The Morgan fingerprint density at radius 3 is 1.43 bits per heavy atom. The van der Waals surface area contributed by atoms with E-state index < -0.39 is 22.4 Å². The molecule has 0 bridgehead atoms. The minimum Gasteiger partial charge on any atom is -0.391 e. The number of H-pyrrole nitrogens is 1. The number of hydrogen-bond acceptors (Lipinski definition) is 14. The quantitative estimate of drug-likeness (QED) is 0.169. The van der Waals surface area contributed by atoms with Crippen LogP contribution in [0.3, 0.4) is 0 Å². The summed E-state index contributed by atoms with van der Waals surface area (Å²) in [5.74, 6) is -0.0150. The highest BCUT2D eigenvalue weighted by molar-refractivity contribution is 7.00. The van der Waals surface area contributed by atoms with E-state index in [4.69, 9.17) is 11.5 Å². The molecule has 20 heteroatoms. The van der Waals surface area contributed by atoms with Gasteiger partial charge in [0.25, 0.3) is 16.7 Å². The summed E-state index contributed by atoms with van der Waals surface area (Å²) in [6, 6.07) is 0. The molecule has 0 aliphatic heterocycles. The van der Waals surface area contributed by atoms with Gasteiger partial charge in [-0.25, -0.2) is 14.4 Å². The van der Waals surface area contributed by atoms with Crippen molar-refractivity contribution in [3.63, 3.8) is 0 Å². The number of nitrogen functional groups attached to an aromatic ring is 2. The van der Waals surface area contributed by atoms with Crippen LogP contribution in [0.1, 0.15) is 0 Å². The Bertz CT molecular complexity index is 1860. The third-order valence-corrected chi connectivity index (χ3v) is 6.18. The molecule has 5 aromatic heterocycles. The standard InChI is InChI=1S/2C6H6N4O2S.C5H8N4O2/c2*1-9-4-3(7-13-8-4)5(11)10(2)6(9)12;1-9-3(7)2(6)4(10)8-5(9)11/h2*1-2H3;6-7H2,1H3,(H,8,10,11). The van der Waals surface area contributed by atoms with Crippen molar-refractivity contribution in [1.29, 1.82) is 0 Å². The van der Waals surface area contributed by atoms with Crippen LogP contribution in [0.4, 0.5) is 11.5 Å². The number of nitrogens with zero attached hydrogens (tertiary/aromatic N) is 9. The number of hydrogen-bond donors (Lipinski definition) is 3. The van der Waals surface area contributed by atoms with Gasteiger partial charge >= 0.3 is 17.1 Å². The van der Waals surface area contributed by atoms with Gasteiger partial charge in [0.05, 0.1) is 23.5 Å². The largest absolute Gasteiger partial charge is 0.391 e. The Hall–Kier alpha value is -4.72. The Labute approximate surface area is 211 Å². The molecule has 5 N–H and O–H groups in total. The minimum atomic E-state index is -0.648. The molecule has 0 saturated carbocycles. The van der Waals surface area contributed by atoms with Crippen molar-refractivity contribution >= 4 is 57.3 Å². The number of aromatic amines is 1. The zero-order valence-electron chi connectivity index (χ0n) is 19.9. The molecule has 0 amide bonds. The van der Waals surface area contributed by atoms with Crippen molar-refractivity contribution in [3.05, 3.63) is 62.5 Å². The fraction of sp³-hybridized carbons (Fsp3) is 0.294. The van der Waals surface area contributed by atoms with Crippen molar-refractivity contribution in [2.24, 2.45) is 35.2 Å². The summed E-state index contributed by atoms with van der Waals surface area (Å²) < 4.78 is 21.1. The van der Waals surface area contributed by atoms with Gasteiger partial charge in [0, 0.05) is 35.2 Å². The van der Waals surface area contributed by atoms with Crippen LogP contribution in [0.15, 0.2) is 28.8 Å². The van der Waals surface area contributed by atoms with E-state index in [-0.39, 0.29) is 33.9 Å². The first-order valence-electron chi connectivity index (χ1n) is 9.90. The molecule has 0 spiro atoms. The molecule has 5 heterocycles. The van der Waals surface area contributed by atoms with Crippen LogP contribution < -0.4 is 45.2 Å². The summed E-state index contributed by atoms with van der Waals surface area (Å²) in [5.41, 5.74) is 8.80. The molecular weight excluding hydrogens is 532 g/mol. The number of fused-ring (bicyclic) bond motifs is 2. The average molecular weight is 553 g/mol. The first-order chi connectivity index (χ1) is 17.3. The van der Waals surface area contributed by atoms with Gasteiger partial charge in [-0.15, -0.1) is 0 Å². The maximum absolute atomic E-state index is 11.4. The number of rotatable bonds is 0. The monoisotopic (exact) mass is 552 g/mol. The van der Waals surface area contributed by atoms with E-state index in [0.29, 0.717) is 11.3 Å². The van der Waals surface area contributed by atoms with Gasteiger partial charge in [-0.05, 0) is 0 Å². The third-order valence-electron chi connectivity index (χ3n) is 5.15. The van der Waals surface area contributed by atoms with Gasteiger partial charge < -0.3 is 11.5 Å². The van der Waals surface area contributed by atoms with Crippen molar-refractivity contribution < 1.29 is 0 Å². The Kier molecular flexibility index (Phi) is 7.34. The molecule has 0 aliphatic carbocycles. The normalized spacial score (nSPS) is 10.6. The highest BCUT2D eigenvalue weighted by atomic mass is 32.1. The van der Waals surface area contributed by atoms with Crippen molar-refractivity contribution in [2.75, 3.05) is 11.5 Å². The maximum atomic E-state index is 11.4. The van der Waals surface area contributed by atoms with E-state index in [2.05, 4.69) is 17.5 Å². The summed E-state index contributed by atoms with van der Waals surface area (Å²) in [6.07, 6.45) is 0. The molecule has 196 valence electrons. The van der Waals surface area contributed by atoms with Crippen LogP contribution in [0.2, 0.25) is 0 Å². The minimum absolute atomic E-state index is 0.0150. The van der Waals surface area contributed by atoms with E-state index in [0.717, 1.165) is 37.2 Å². The lowest BCUT2D eigenvalue weighted by Crippen LogP contribution is -2.36. The summed E-state index contributed by atoms with van der Waals surface area (Å²) in [6.45, 7) is 0. The third kappa shape index (κ3) is 4.73.